The highest BCUT2D eigenvalue weighted by Crippen LogP contribution is 2.29. The summed E-state index contributed by atoms with van der Waals surface area (Å²) in [6, 6.07) is 11.5. The second kappa shape index (κ2) is 12.8. The fourth-order valence-electron chi connectivity index (χ4n) is 2.85. The molecule has 0 aliphatic heterocycles. The van der Waals surface area contributed by atoms with Crippen molar-refractivity contribution < 1.29 is 32.7 Å². The molecular weight excluding hydrogens is 477 g/mol. The highest BCUT2D eigenvalue weighted by molar-refractivity contribution is 7.17. The monoisotopic (exact) mass is 504 g/mol. The summed E-state index contributed by atoms with van der Waals surface area (Å²) in [5.74, 6) is 1.40. The van der Waals surface area contributed by atoms with Gasteiger partial charge in [-0.05, 0) is 60.6 Å². The van der Waals surface area contributed by atoms with Gasteiger partial charge in [0.05, 0.1) is 11.7 Å². The Morgan fingerprint density at radius 1 is 1.14 bits per heavy atom. The topological polar surface area (TPSA) is 78.7 Å². The molecule has 2 aromatic rings. The number of ether oxygens (including phenoxy) is 2. The van der Waals surface area contributed by atoms with Gasteiger partial charge in [-0.25, -0.2) is 4.79 Å². The van der Waals surface area contributed by atoms with Crippen molar-refractivity contribution >= 4 is 26.6 Å². The summed E-state index contributed by atoms with van der Waals surface area (Å²) in [5.41, 5.74) is 2.57. The molecule has 0 amide bonds. The van der Waals surface area contributed by atoms with Crippen molar-refractivity contribution in [2.24, 2.45) is 10.3 Å². The first-order valence-corrected chi connectivity index (χ1v) is 11.1. The van der Waals surface area contributed by atoms with Gasteiger partial charge in [-0.2, -0.15) is 8.78 Å². The number of benzene rings is 2. The van der Waals surface area contributed by atoms with E-state index in [0.717, 1.165) is 5.56 Å². The third-order valence-corrected chi connectivity index (χ3v) is 4.42. The van der Waals surface area contributed by atoms with E-state index in [1.54, 1.807) is 51.1 Å². The second-order valence-corrected chi connectivity index (χ2v) is 8.21. The highest BCUT2D eigenvalue weighted by Gasteiger charge is 2.24. The van der Waals surface area contributed by atoms with Gasteiger partial charge >= 0.3 is 11.8 Å². The maximum atomic E-state index is 13.2. The van der Waals surface area contributed by atoms with E-state index in [4.69, 9.17) is 14.4 Å². The first kappa shape index (κ1) is 27.7. The Hall–Kier alpha value is -3.50. The molecule has 0 aliphatic carbocycles. The quantitative estimate of drug-likeness (QED) is 0.157. The number of esters is 1. The maximum absolute atomic E-state index is 13.2. The van der Waals surface area contributed by atoms with E-state index in [1.807, 2.05) is 13.0 Å². The highest BCUT2D eigenvalue weighted by atomic mass is 31.0. The molecular formula is C25H27F2N2O5P. The van der Waals surface area contributed by atoms with E-state index >= 15 is 0 Å². The van der Waals surface area contributed by atoms with Crippen LogP contribution in [0.2, 0.25) is 0 Å². The number of carbonyl (C=O) groups excluding carboxylic acids is 1. The first-order valence-electron chi connectivity index (χ1n) is 10.6. The molecule has 186 valence electrons. The lowest BCUT2D eigenvalue weighted by Gasteiger charge is -2.14. The number of rotatable bonds is 9. The zero-order chi connectivity index (χ0) is 26.0. The van der Waals surface area contributed by atoms with Gasteiger partial charge in [-0.1, -0.05) is 46.6 Å². The number of oxime groups is 2. The van der Waals surface area contributed by atoms with Gasteiger partial charge in [0.15, 0.2) is 5.71 Å². The molecule has 0 N–H and O–H groups in total. The summed E-state index contributed by atoms with van der Waals surface area (Å²) in [4.78, 5) is 22.9. The maximum Gasteiger partial charge on any atom is 0.408 e. The lowest BCUT2D eigenvalue weighted by molar-refractivity contribution is -0.139. The molecule has 0 aliphatic rings. The zero-order valence-corrected chi connectivity index (χ0v) is 21.2. The predicted octanol–water partition coefficient (Wildman–Crippen LogP) is 5.05. The summed E-state index contributed by atoms with van der Waals surface area (Å²) >= 11 is 0. The average Bonchev–Trinajstić information content (AvgIpc) is 2.76. The van der Waals surface area contributed by atoms with Gasteiger partial charge in [-0.3, -0.25) is 0 Å². The third kappa shape index (κ3) is 8.99. The van der Waals surface area contributed by atoms with Crippen molar-refractivity contribution in [1.29, 1.82) is 0 Å². The van der Waals surface area contributed by atoms with E-state index in [2.05, 4.69) is 26.9 Å². The van der Waals surface area contributed by atoms with Crippen LogP contribution in [0.4, 0.5) is 8.78 Å². The van der Waals surface area contributed by atoms with Crippen LogP contribution in [-0.4, -0.2) is 36.5 Å². The summed E-state index contributed by atoms with van der Waals surface area (Å²) in [6.07, 6.45) is -0.335. The lowest BCUT2D eigenvalue weighted by atomic mass is 9.99. The zero-order valence-electron chi connectivity index (χ0n) is 20.1. The van der Waals surface area contributed by atoms with Crippen LogP contribution in [0.25, 0.3) is 0 Å². The summed E-state index contributed by atoms with van der Waals surface area (Å²) < 4.78 is 36.3. The molecule has 1 atom stereocenters. The summed E-state index contributed by atoms with van der Waals surface area (Å²) in [5, 5.41) is 7.83. The molecule has 0 spiro atoms. The molecule has 1 unspecified atom stereocenters. The van der Waals surface area contributed by atoms with E-state index in [1.165, 1.54) is 22.4 Å². The van der Waals surface area contributed by atoms with Gasteiger partial charge in [0, 0.05) is 11.1 Å². The molecule has 0 saturated carbocycles. The molecule has 0 fully saturated rings. The van der Waals surface area contributed by atoms with Crippen molar-refractivity contribution in [3.05, 3.63) is 64.7 Å². The first-order chi connectivity index (χ1) is 16.5. The third-order valence-electron chi connectivity index (χ3n) is 4.31. The summed E-state index contributed by atoms with van der Waals surface area (Å²) in [6.45, 7) is 6.95. The van der Waals surface area contributed by atoms with Gasteiger partial charge in [0.25, 0.3) is 0 Å². The largest absolute Gasteiger partial charge is 0.458 e. The SMILES string of the molecule is CO/N=C(/C(=O)OC(C)C)c1cccc(C)c1CO/N=C(\C)C#Cc1ccccc1OC(F)(F)P. The minimum atomic E-state index is -3.41. The molecule has 10 heteroatoms. The normalized spacial score (nSPS) is 12.0. The van der Waals surface area contributed by atoms with Gasteiger partial charge in [-0.15, -0.1) is 0 Å². The Kier molecular flexibility index (Phi) is 10.2. The number of aryl methyl sites for hydroxylation is 1. The van der Waals surface area contributed by atoms with Gasteiger partial charge in [0.2, 0.25) is 0 Å². The Labute approximate surface area is 205 Å². The number of hydrogen-bond donors (Lipinski definition) is 0. The van der Waals surface area contributed by atoms with Gasteiger partial charge in [0.1, 0.15) is 25.2 Å². The molecule has 2 aromatic carbocycles. The Morgan fingerprint density at radius 2 is 1.86 bits per heavy atom. The van der Waals surface area contributed by atoms with Gasteiger partial charge < -0.3 is 19.1 Å². The minimum absolute atomic E-state index is 0.00601. The Balaban J connectivity index is 2.23. The van der Waals surface area contributed by atoms with Crippen molar-refractivity contribution in [3.63, 3.8) is 0 Å². The van der Waals surface area contributed by atoms with Crippen molar-refractivity contribution in [1.82, 2.24) is 0 Å². The van der Waals surface area contributed by atoms with Crippen LogP contribution in [0.1, 0.15) is 43.0 Å². The average molecular weight is 504 g/mol. The number of hydrogen-bond acceptors (Lipinski definition) is 7. The fourth-order valence-corrected chi connectivity index (χ4v) is 2.98. The van der Waals surface area contributed by atoms with E-state index in [0.29, 0.717) is 16.8 Å². The molecule has 2 rings (SSSR count). The summed E-state index contributed by atoms with van der Waals surface area (Å²) in [7, 11) is 2.66. The van der Waals surface area contributed by atoms with Crippen LogP contribution in [0.3, 0.4) is 0 Å². The van der Waals surface area contributed by atoms with Crippen LogP contribution in [-0.2, 0) is 25.8 Å². The molecule has 0 radical (unpaired) electrons. The van der Waals surface area contributed by atoms with Crippen molar-refractivity contribution in [2.75, 3.05) is 7.11 Å². The van der Waals surface area contributed by atoms with Crippen LogP contribution >= 0.6 is 9.24 Å². The number of nitrogens with zero attached hydrogens (tertiary/aromatic N) is 2. The second-order valence-electron chi connectivity index (χ2n) is 7.54. The number of halogens is 2. The van der Waals surface area contributed by atoms with E-state index < -0.39 is 11.8 Å². The van der Waals surface area contributed by atoms with Crippen LogP contribution in [0.5, 0.6) is 5.75 Å². The molecule has 7 nitrogen and oxygen atoms in total. The fraction of sp³-hybridized carbons (Fsp3) is 0.320. The molecule has 0 bridgehead atoms. The molecule has 0 saturated heterocycles. The van der Waals surface area contributed by atoms with Crippen molar-refractivity contribution in [3.8, 4) is 17.6 Å². The smallest absolute Gasteiger partial charge is 0.408 e. The molecule has 0 aromatic heterocycles. The van der Waals surface area contributed by atoms with Crippen LogP contribution < -0.4 is 4.74 Å². The van der Waals surface area contributed by atoms with Crippen molar-refractivity contribution in [2.45, 2.75) is 46.3 Å². The molecule has 0 heterocycles. The number of alkyl halides is 2. The standard InChI is InChI=1S/C25H27F2N2O5P/c1-16(2)33-24(30)23(29-31-5)20-11-8-9-17(3)21(20)15-32-28-18(4)13-14-19-10-6-7-12-22(19)34-25(26,27)35/h6-12,16H,15,35H2,1-5H3/b28-18+,29-23+. The van der Waals surface area contributed by atoms with Crippen LogP contribution in [0.15, 0.2) is 52.8 Å². The Morgan fingerprint density at radius 3 is 2.51 bits per heavy atom. The Bertz CT molecular complexity index is 1160. The number of carbonyl (C=O) groups is 1. The predicted molar refractivity (Wildman–Crippen MR) is 132 cm³/mol. The minimum Gasteiger partial charge on any atom is -0.458 e. The van der Waals surface area contributed by atoms with E-state index in [-0.39, 0.29) is 29.7 Å². The lowest BCUT2D eigenvalue weighted by Crippen LogP contribution is -2.24. The number of para-hydroxylation sites is 1. The van der Waals surface area contributed by atoms with Crippen LogP contribution in [0, 0.1) is 18.8 Å². The molecule has 35 heavy (non-hydrogen) atoms. The van der Waals surface area contributed by atoms with E-state index in [9.17, 15) is 13.6 Å².